The third-order valence-corrected chi connectivity index (χ3v) is 6.25. The zero-order valence-electron chi connectivity index (χ0n) is 14.3. The summed E-state index contributed by atoms with van der Waals surface area (Å²) in [6.07, 6.45) is 9.19. The van der Waals surface area contributed by atoms with Gasteiger partial charge >= 0.3 is 0 Å². The third-order valence-electron chi connectivity index (χ3n) is 5.30. The summed E-state index contributed by atoms with van der Waals surface area (Å²) < 4.78 is 1.34. The predicted octanol–water partition coefficient (Wildman–Crippen LogP) is 5.20. The average Bonchev–Trinajstić information content (AvgIpc) is 2.93. The molecule has 0 saturated heterocycles. The first-order chi connectivity index (χ1) is 11.2. The van der Waals surface area contributed by atoms with Gasteiger partial charge in [0.15, 0.2) is 5.13 Å². The summed E-state index contributed by atoms with van der Waals surface area (Å²) in [5.41, 5.74) is 4.08. The molecule has 1 fully saturated rings. The third kappa shape index (κ3) is 3.06. The van der Waals surface area contributed by atoms with Crippen molar-refractivity contribution in [1.82, 2.24) is 4.98 Å². The van der Waals surface area contributed by atoms with Crippen LogP contribution in [0.15, 0.2) is 12.1 Å². The van der Waals surface area contributed by atoms with Gasteiger partial charge in [0.05, 0.1) is 10.2 Å². The second-order valence-electron chi connectivity index (χ2n) is 7.34. The van der Waals surface area contributed by atoms with Crippen molar-refractivity contribution in [2.24, 2.45) is 0 Å². The summed E-state index contributed by atoms with van der Waals surface area (Å²) in [4.78, 5) is 7.42. The maximum absolute atomic E-state index is 4.89. The lowest BCUT2D eigenvalue weighted by Gasteiger charge is -2.34. The molecule has 1 aliphatic heterocycles. The van der Waals surface area contributed by atoms with Crippen LogP contribution in [0.2, 0.25) is 0 Å². The molecular weight excluding hydrogens is 302 g/mol. The Morgan fingerprint density at radius 3 is 2.78 bits per heavy atom. The van der Waals surface area contributed by atoms with Crippen molar-refractivity contribution in [1.29, 1.82) is 0 Å². The summed E-state index contributed by atoms with van der Waals surface area (Å²) in [5.74, 6) is 0. The van der Waals surface area contributed by atoms with Gasteiger partial charge in [-0.15, -0.1) is 0 Å². The molecule has 2 heterocycles. The Labute approximate surface area is 143 Å². The van der Waals surface area contributed by atoms with Gasteiger partial charge < -0.3 is 10.2 Å². The Hall–Kier alpha value is -1.29. The molecule has 4 heteroatoms. The smallest absolute Gasteiger partial charge is 0.184 e. The molecule has 1 aliphatic carbocycles. The Morgan fingerprint density at radius 1 is 1.17 bits per heavy atom. The standard InChI is InChI=1S/C19H27N3S/c1-13(2)22-10-6-7-14-11-18-16(12-17(14)22)21-19(23-18)20-15-8-4-3-5-9-15/h11-13,15H,3-10H2,1-2H3,(H,20,21). The topological polar surface area (TPSA) is 28.2 Å². The zero-order valence-corrected chi connectivity index (χ0v) is 15.1. The molecular formula is C19H27N3S. The van der Waals surface area contributed by atoms with Crippen LogP contribution in [0.5, 0.6) is 0 Å². The highest BCUT2D eigenvalue weighted by Crippen LogP contribution is 2.36. The number of aryl methyl sites for hydroxylation is 1. The van der Waals surface area contributed by atoms with Crippen molar-refractivity contribution in [3.63, 3.8) is 0 Å². The molecule has 0 unspecified atom stereocenters. The van der Waals surface area contributed by atoms with Crippen LogP contribution in [0, 0.1) is 0 Å². The highest BCUT2D eigenvalue weighted by Gasteiger charge is 2.21. The minimum Gasteiger partial charge on any atom is -0.369 e. The Bertz CT molecular complexity index is 685. The number of fused-ring (bicyclic) bond motifs is 2. The molecule has 1 aromatic heterocycles. The van der Waals surface area contributed by atoms with E-state index in [9.17, 15) is 0 Å². The lowest BCUT2D eigenvalue weighted by molar-refractivity contribution is 0.462. The highest BCUT2D eigenvalue weighted by molar-refractivity contribution is 7.22. The molecule has 3 nitrogen and oxygen atoms in total. The first-order valence-electron chi connectivity index (χ1n) is 9.17. The first-order valence-corrected chi connectivity index (χ1v) is 9.99. The quantitative estimate of drug-likeness (QED) is 0.838. The second-order valence-corrected chi connectivity index (χ2v) is 8.37. The van der Waals surface area contributed by atoms with E-state index in [0.717, 1.165) is 5.13 Å². The highest BCUT2D eigenvalue weighted by atomic mass is 32.1. The number of nitrogens with zero attached hydrogens (tertiary/aromatic N) is 2. The normalized spacial score (nSPS) is 19.3. The molecule has 2 aliphatic rings. The van der Waals surface area contributed by atoms with E-state index in [1.54, 1.807) is 0 Å². The number of nitrogens with one attached hydrogen (secondary N) is 1. The molecule has 0 bridgehead atoms. The van der Waals surface area contributed by atoms with E-state index >= 15 is 0 Å². The van der Waals surface area contributed by atoms with E-state index in [1.807, 2.05) is 11.3 Å². The van der Waals surface area contributed by atoms with Gasteiger partial charge in [-0.1, -0.05) is 30.6 Å². The molecule has 0 amide bonds. The summed E-state index contributed by atoms with van der Waals surface area (Å²) in [5, 5.41) is 4.80. The molecule has 1 N–H and O–H groups in total. The summed E-state index contributed by atoms with van der Waals surface area (Å²) in [6.45, 7) is 5.75. The lowest BCUT2D eigenvalue weighted by Crippen LogP contribution is -2.35. The molecule has 23 heavy (non-hydrogen) atoms. The monoisotopic (exact) mass is 329 g/mol. The average molecular weight is 330 g/mol. The molecule has 1 aromatic carbocycles. The number of benzene rings is 1. The van der Waals surface area contributed by atoms with E-state index in [4.69, 9.17) is 4.98 Å². The number of thiazole rings is 1. The first kappa shape index (κ1) is 15.3. The van der Waals surface area contributed by atoms with E-state index in [1.165, 1.54) is 73.0 Å². The number of aromatic nitrogens is 1. The number of hydrogen-bond acceptors (Lipinski definition) is 4. The van der Waals surface area contributed by atoms with Crippen molar-refractivity contribution >= 4 is 32.4 Å². The summed E-state index contributed by atoms with van der Waals surface area (Å²) >= 11 is 1.83. The van der Waals surface area contributed by atoms with E-state index in [2.05, 4.69) is 36.2 Å². The van der Waals surface area contributed by atoms with E-state index in [0.29, 0.717) is 12.1 Å². The molecule has 4 rings (SSSR count). The Kier molecular flexibility index (Phi) is 4.18. The molecule has 2 aromatic rings. The van der Waals surface area contributed by atoms with Gasteiger partial charge in [0.25, 0.3) is 0 Å². The second kappa shape index (κ2) is 6.31. The van der Waals surface area contributed by atoms with Crippen molar-refractivity contribution in [2.75, 3.05) is 16.8 Å². The van der Waals surface area contributed by atoms with Gasteiger partial charge in [-0.3, -0.25) is 0 Å². The zero-order chi connectivity index (χ0) is 15.8. The minimum absolute atomic E-state index is 0.560. The fraction of sp³-hybridized carbons (Fsp3) is 0.632. The molecule has 0 spiro atoms. The predicted molar refractivity (Wildman–Crippen MR) is 101 cm³/mol. The van der Waals surface area contributed by atoms with Crippen molar-refractivity contribution < 1.29 is 0 Å². The number of rotatable bonds is 3. The van der Waals surface area contributed by atoms with Crippen LogP contribution >= 0.6 is 11.3 Å². The van der Waals surface area contributed by atoms with Gasteiger partial charge in [-0.2, -0.15) is 0 Å². The van der Waals surface area contributed by atoms with Crippen LogP contribution in [0.25, 0.3) is 10.2 Å². The van der Waals surface area contributed by atoms with Gasteiger partial charge in [0.2, 0.25) is 0 Å². The fourth-order valence-corrected chi connectivity index (χ4v) is 5.04. The van der Waals surface area contributed by atoms with Crippen molar-refractivity contribution in [3.05, 3.63) is 17.7 Å². The number of anilines is 2. The van der Waals surface area contributed by atoms with Crippen LogP contribution in [0.4, 0.5) is 10.8 Å². The largest absolute Gasteiger partial charge is 0.369 e. The maximum Gasteiger partial charge on any atom is 0.184 e. The van der Waals surface area contributed by atoms with Gasteiger partial charge in [-0.05, 0) is 57.2 Å². The van der Waals surface area contributed by atoms with Gasteiger partial charge in [0.1, 0.15) is 0 Å². The van der Waals surface area contributed by atoms with Gasteiger partial charge in [0, 0.05) is 24.3 Å². The van der Waals surface area contributed by atoms with Crippen molar-refractivity contribution in [3.8, 4) is 0 Å². The maximum atomic E-state index is 4.89. The fourth-order valence-electron chi connectivity index (χ4n) is 4.05. The van der Waals surface area contributed by atoms with E-state index < -0.39 is 0 Å². The number of hydrogen-bond donors (Lipinski definition) is 1. The lowest BCUT2D eigenvalue weighted by atomic mass is 9.96. The van der Waals surface area contributed by atoms with Crippen LogP contribution in [0.1, 0.15) is 57.9 Å². The molecule has 0 radical (unpaired) electrons. The van der Waals surface area contributed by atoms with Crippen LogP contribution < -0.4 is 10.2 Å². The Balaban J connectivity index is 1.63. The summed E-state index contributed by atoms with van der Waals surface area (Å²) in [6, 6.07) is 5.91. The molecule has 1 saturated carbocycles. The minimum atomic E-state index is 0.560. The Morgan fingerprint density at radius 2 is 2.00 bits per heavy atom. The SMILES string of the molecule is CC(C)N1CCCc2cc3sc(NC4CCCCC4)nc3cc21. The van der Waals surface area contributed by atoms with Gasteiger partial charge in [-0.25, -0.2) is 4.98 Å². The van der Waals surface area contributed by atoms with Crippen LogP contribution in [-0.4, -0.2) is 23.6 Å². The van der Waals surface area contributed by atoms with Crippen LogP contribution in [-0.2, 0) is 6.42 Å². The summed E-state index contributed by atoms with van der Waals surface area (Å²) in [7, 11) is 0. The van der Waals surface area contributed by atoms with E-state index in [-0.39, 0.29) is 0 Å². The van der Waals surface area contributed by atoms with Crippen molar-refractivity contribution in [2.45, 2.75) is 70.9 Å². The van der Waals surface area contributed by atoms with Crippen LogP contribution in [0.3, 0.4) is 0 Å². The molecule has 0 atom stereocenters. The molecule has 124 valence electrons.